The predicted octanol–water partition coefficient (Wildman–Crippen LogP) is 3.87. The van der Waals surface area contributed by atoms with E-state index in [1.807, 2.05) is 59.5 Å². The predicted molar refractivity (Wildman–Crippen MR) is 104 cm³/mol. The Kier molecular flexibility index (Phi) is 6.17. The highest BCUT2D eigenvalue weighted by Gasteiger charge is 2.35. The Morgan fingerprint density at radius 1 is 1.04 bits per heavy atom. The lowest BCUT2D eigenvalue weighted by molar-refractivity contribution is 0.0552. The maximum absolute atomic E-state index is 12.4. The smallest absolute Gasteiger partial charge is 0.317 e. The van der Waals surface area contributed by atoms with Gasteiger partial charge in [-0.1, -0.05) is 54.1 Å². The van der Waals surface area contributed by atoms with Gasteiger partial charge in [-0.3, -0.25) is 0 Å². The molecule has 2 amide bonds. The molecule has 0 radical (unpaired) electrons. The molecule has 0 spiro atoms. The lowest BCUT2D eigenvalue weighted by Gasteiger charge is -2.41. The number of rotatable bonds is 5. The van der Waals surface area contributed by atoms with Gasteiger partial charge in [0.2, 0.25) is 0 Å². The van der Waals surface area contributed by atoms with Gasteiger partial charge in [0.15, 0.2) is 0 Å². The molecule has 138 valence electrons. The third-order valence-corrected chi connectivity index (χ3v) is 5.48. The molecular formula is C21H25ClN2O2. The van der Waals surface area contributed by atoms with Crippen molar-refractivity contribution in [2.75, 3.05) is 19.7 Å². The second-order valence-corrected chi connectivity index (χ2v) is 7.53. The van der Waals surface area contributed by atoms with Crippen molar-refractivity contribution in [3.63, 3.8) is 0 Å². The summed E-state index contributed by atoms with van der Waals surface area (Å²) in [6, 6.07) is 17.7. The zero-order valence-electron chi connectivity index (χ0n) is 14.8. The topological polar surface area (TPSA) is 52.6 Å². The first-order valence-electron chi connectivity index (χ1n) is 9.02. The highest BCUT2D eigenvalue weighted by atomic mass is 35.5. The van der Waals surface area contributed by atoms with E-state index in [2.05, 4.69) is 5.32 Å². The largest absolute Gasteiger partial charge is 0.396 e. The van der Waals surface area contributed by atoms with Crippen LogP contribution in [0.2, 0.25) is 5.02 Å². The first-order valence-corrected chi connectivity index (χ1v) is 9.40. The number of piperidine rings is 1. The number of hydrogen-bond acceptors (Lipinski definition) is 2. The van der Waals surface area contributed by atoms with Gasteiger partial charge in [-0.15, -0.1) is 0 Å². The molecular weight excluding hydrogens is 348 g/mol. The van der Waals surface area contributed by atoms with Gasteiger partial charge in [0, 0.05) is 36.7 Å². The summed E-state index contributed by atoms with van der Waals surface area (Å²) >= 11 is 5.95. The van der Waals surface area contributed by atoms with Crippen LogP contribution in [0.5, 0.6) is 0 Å². The molecule has 0 unspecified atom stereocenters. The molecule has 2 aromatic rings. The van der Waals surface area contributed by atoms with Crippen LogP contribution in [-0.2, 0) is 13.0 Å². The minimum atomic E-state index is -0.163. The van der Waals surface area contributed by atoms with Crippen molar-refractivity contribution in [3.05, 3.63) is 70.7 Å². The molecule has 1 fully saturated rings. The Bertz CT molecular complexity index is 711. The van der Waals surface area contributed by atoms with Crippen LogP contribution in [-0.4, -0.2) is 35.7 Å². The molecule has 4 nitrogen and oxygen atoms in total. The molecule has 0 saturated carbocycles. The van der Waals surface area contributed by atoms with Gasteiger partial charge in [0.05, 0.1) is 0 Å². The second-order valence-electron chi connectivity index (χ2n) is 7.09. The van der Waals surface area contributed by atoms with Crippen LogP contribution in [0.4, 0.5) is 4.79 Å². The van der Waals surface area contributed by atoms with E-state index < -0.39 is 0 Å². The van der Waals surface area contributed by atoms with E-state index in [1.54, 1.807) is 0 Å². The van der Waals surface area contributed by atoms with Gasteiger partial charge < -0.3 is 15.3 Å². The molecule has 0 atom stereocenters. The van der Waals surface area contributed by atoms with E-state index in [0.717, 1.165) is 29.8 Å². The Labute approximate surface area is 159 Å². The third-order valence-electron chi connectivity index (χ3n) is 5.23. The molecule has 0 aromatic heterocycles. The number of likely N-dealkylation sites (tertiary alicyclic amines) is 1. The summed E-state index contributed by atoms with van der Waals surface area (Å²) in [5.41, 5.74) is 2.10. The Hall–Kier alpha value is -2.04. The number of urea groups is 1. The zero-order chi connectivity index (χ0) is 18.4. The zero-order valence-corrected chi connectivity index (χ0v) is 15.6. The quantitative estimate of drug-likeness (QED) is 0.837. The molecule has 2 N–H and O–H groups in total. The number of amides is 2. The molecule has 3 rings (SSSR count). The van der Waals surface area contributed by atoms with Crippen molar-refractivity contribution in [2.24, 2.45) is 5.41 Å². The van der Waals surface area contributed by atoms with Gasteiger partial charge in [-0.05, 0) is 42.5 Å². The fraction of sp³-hybridized carbons (Fsp3) is 0.381. The lowest BCUT2D eigenvalue weighted by Crippen LogP contribution is -2.48. The number of aliphatic hydroxyl groups excluding tert-OH is 1. The summed E-state index contributed by atoms with van der Waals surface area (Å²) in [6.07, 6.45) is 2.40. The van der Waals surface area contributed by atoms with E-state index in [0.29, 0.717) is 19.6 Å². The lowest BCUT2D eigenvalue weighted by atomic mass is 9.74. The summed E-state index contributed by atoms with van der Waals surface area (Å²) in [6.45, 7) is 1.99. The van der Waals surface area contributed by atoms with Crippen LogP contribution in [0, 0.1) is 5.41 Å². The van der Waals surface area contributed by atoms with Crippen LogP contribution in [0.25, 0.3) is 0 Å². The van der Waals surface area contributed by atoms with Crippen molar-refractivity contribution in [1.29, 1.82) is 0 Å². The van der Waals surface area contributed by atoms with E-state index in [9.17, 15) is 9.90 Å². The van der Waals surface area contributed by atoms with E-state index in [-0.39, 0.29) is 18.1 Å². The summed E-state index contributed by atoms with van der Waals surface area (Å²) in [7, 11) is 0. The Morgan fingerprint density at radius 2 is 1.69 bits per heavy atom. The average molecular weight is 373 g/mol. The Morgan fingerprint density at radius 3 is 2.31 bits per heavy atom. The second kappa shape index (κ2) is 8.56. The summed E-state index contributed by atoms with van der Waals surface area (Å²) in [5, 5.41) is 13.7. The number of hydrogen-bond donors (Lipinski definition) is 2. The highest BCUT2D eigenvalue weighted by Crippen LogP contribution is 2.35. The van der Waals surface area contributed by atoms with Crippen molar-refractivity contribution in [2.45, 2.75) is 25.8 Å². The number of benzene rings is 2. The first-order chi connectivity index (χ1) is 12.6. The molecule has 0 aliphatic carbocycles. The average Bonchev–Trinajstić information content (AvgIpc) is 2.69. The molecule has 1 aliphatic rings. The van der Waals surface area contributed by atoms with Crippen molar-refractivity contribution >= 4 is 17.6 Å². The first kappa shape index (κ1) is 18.7. The maximum atomic E-state index is 12.4. The number of nitrogens with one attached hydrogen (secondary N) is 1. The number of carbonyl (C=O) groups excluding carboxylic acids is 1. The number of nitrogens with zero attached hydrogens (tertiary/aromatic N) is 1. The minimum Gasteiger partial charge on any atom is -0.396 e. The molecule has 5 heteroatoms. The minimum absolute atomic E-state index is 0.0353. The fourth-order valence-corrected chi connectivity index (χ4v) is 3.62. The normalized spacial score (nSPS) is 16.3. The Balaban J connectivity index is 1.53. The third kappa shape index (κ3) is 4.77. The van der Waals surface area contributed by atoms with Crippen LogP contribution < -0.4 is 5.32 Å². The van der Waals surface area contributed by atoms with Gasteiger partial charge in [-0.25, -0.2) is 4.79 Å². The van der Waals surface area contributed by atoms with E-state index in [1.165, 1.54) is 5.56 Å². The molecule has 1 aliphatic heterocycles. The van der Waals surface area contributed by atoms with Crippen LogP contribution >= 0.6 is 11.6 Å². The number of halogens is 1. The number of carbonyl (C=O) groups is 1. The molecule has 2 aromatic carbocycles. The van der Waals surface area contributed by atoms with E-state index in [4.69, 9.17) is 11.6 Å². The summed E-state index contributed by atoms with van der Waals surface area (Å²) in [5.74, 6) is 0. The van der Waals surface area contributed by atoms with Crippen molar-refractivity contribution < 1.29 is 9.90 Å². The molecule has 1 saturated heterocycles. The molecule has 0 bridgehead atoms. The standard InChI is InChI=1S/C21H25ClN2O2/c22-19-8-6-17(7-9-19)14-21(16-25)10-12-24(13-11-21)20(26)23-15-18-4-2-1-3-5-18/h1-9,25H,10-16H2,(H,23,26). The van der Waals surface area contributed by atoms with Crippen molar-refractivity contribution in [3.8, 4) is 0 Å². The van der Waals surface area contributed by atoms with Gasteiger partial charge in [-0.2, -0.15) is 0 Å². The van der Waals surface area contributed by atoms with Crippen LogP contribution in [0.1, 0.15) is 24.0 Å². The van der Waals surface area contributed by atoms with Gasteiger partial charge in [0.1, 0.15) is 0 Å². The molecule has 1 heterocycles. The monoisotopic (exact) mass is 372 g/mol. The fourth-order valence-electron chi connectivity index (χ4n) is 3.50. The highest BCUT2D eigenvalue weighted by molar-refractivity contribution is 6.30. The molecule has 26 heavy (non-hydrogen) atoms. The van der Waals surface area contributed by atoms with Gasteiger partial charge in [0.25, 0.3) is 0 Å². The summed E-state index contributed by atoms with van der Waals surface area (Å²) in [4.78, 5) is 14.3. The van der Waals surface area contributed by atoms with Gasteiger partial charge >= 0.3 is 6.03 Å². The van der Waals surface area contributed by atoms with Crippen LogP contribution in [0.3, 0.4) is 0 Å². The maximum Gasteiger partial charge on any atom is 0.317 e. The van der Waals surface area contributed by atoms with Crippen LogP contribution in [0.15, 0.2) is 54.6 Å². The number of aliphatic hydroxyl groups is 1. The summed E-state index contributed by atoms with van der Waals surface area (Å²) < 4.78 is 0. The SMILES string of the molecule is O=C(NCc1ccccc1)N1CCC(CO)(Cc2ccc(Cl)cc2)CC1. The van der Waals surface area contributed by atoms with E-state index >= 15 is 0 Å². The van der Waals surface area contributed by atoms with Crippen molar-refractivity contribution in [1.82, 2.24) is 10.2 Å².